The van der Waals surface area contributed by atoms with Gasteiger partial charge < -0.3 is 4.90 Å². The zero-order chi connectivity index (χ0) is 57.9. The van der Waals surface area contributed by atoms with E-state index in [0.29, 0.717) is 0 Å². The monoisotopic (exact) mass is 1030 g/mol. The second-order valence-corrected chi connectivity index (χ2v) is 27.8. The molecule has 0 amide bonds. The Labute approximate surface area is 476 Å². The highest BCUT2D eigenvalue weighted by atomic mass is 15.1. The van der Waals surface area contributed by atoms with E-state index in [0.717, 1.165) is 0 Å². The number of rotatable bonds is 3. The first kappa shape index (κ1) is 60.8. The highest BCUT2D eigenvalue weighted by Crippen LogP contribution is 2.40. The van der Waals surface area contributed by atoms with Crippen molar-refractivity contribution < 1.29 is 0 Å². The molecule has 1 aliphatic heterocycles. The van der Waals surface area contributed by atoms with Crippen molar-refractivity contribution in [3.63, 3.8) is 0 Å². The van der Waals surface area contributed by atoms with Crippen LogP contribution >= 0.6 is 0 Å². The standard InChI is InChI=1S/C39H48BN.C21H28.2C8H10/c1-25-21-27(3)36-35(22-25)41(31-18-15-28(16-19-31)37(4,5)6)34-20-17-30(39(10,11)12)24-33(34)40(36)32-23-29(38(7,8)9)14-13-26(32)2;1-15-8-11-18(21(5,6)7)14-19(15)16-9-12-17(13-10-16)20(2,3)4;2*1-7-4-3-5-8(2)6-7/h13-24H,1-12H3;8-14H,1-7H3;2*3-6H,1-2H3. The molecule has 0 unspecified atom stereocenters. The lowest BCUT2D eigenvalue weighted by atomic mass is 9.33. The van der Waals surface area contributed by atoms with Gasteiger partial charge in [-0.25, -0.2) is 0 Å². The molecule has 408 valence electrons. The van der Waals surface area contributed by atoms with E-state index in [4.69, 9.17) is 0 Å². The Bertz CT molecular complexity index is 3230. The minimum absolute atomic E-state index is 0.0592. The maximum Gasteiger partial charge on any atom is 0.247 e. The number of nitrogens with zero attached hydrogens (tertiary/aromatic N) is 1. The average molecular weight is 1030 g/mol. The fourth-order valence-corrected chi connectivity index (χ4v) is 10.6. The molecule has 0 N–H and O–H groups in total. The van der Waals surface area contributed by atoms with Gasteiger partial charge in [-0.05, 0) is 168 Å². The summed E-state index contributed by atoms with van der Waals surface area (Å²) in [7, 11) is 0. The predicted octanol–water partition coefficient (Wildman–Crippen LogP) is 19.7. The first-order valence-corrected chi connectivity index (χ1v) is 28.7. The van der Waals surface area contributed by atoms with E-state index in [9.17, 15) is 0 Å². The van der Waals surface area contributed by atoms with E-state index < -0.39 is 0 Å². The molecule has 0 saturated heterocycles. The van der Waals surface area contributed by atoms with Crippen LogP contribution < -0.4 is 21.3 Å². The van der Waals surface area contributed by atoms with Gasteiger partial charge in [0.05, 0.1) is 0 Å². The van der Waals surface area contributed by atoms with Crippen LogP contribution in [0.5, 0.6) is 0 Å². The van der Waals surface area contributed by atoms with Crippen molar-refractivity contribution in [2.45, 2.75) is 186 Å². The topological polar surface area (TPSA) is 3.24 Å². The normalized spacial score (nSPS) is 12.5. The first-order chi connectivity index (χ1) is 36.1. The molecular formula is C76H96BN. The van der Waals surface area contributed by atoms with E-state index in [-0.39, 0.29) is 33.8 Å². The largest absolute Gasteiger partial charge is 0.312 e. The Balaban J connectivity index is 0.000000217. The number of benzene rings is 8. The van der Waals surface area contributed by atoms with Crippen molar-refractivity contribution in [3.05, 3.63) is 236 Å². The van der Waals surface area contributed by atoms with Crippen molar-refractivity contribution in [1.82, 2.24) is 0 Å². The van der Waals surface area contributed by atoms with Crippen LogP contribution in [0.2, 0.25) is 0 Å². The molecule has 2 heteroatoms. The van der Waals surface area contributed by atoms with E-state index in [1.165, 1.54) is 117 Å². The van der Waals surface area contributed by atoms with E-state index in [2.05, 4.69) is 328 Å². The third kappa shape index (κ3) is 15.3. The van der Waals surface area contributed by atoms with Gasteiger partial charge in [-0.15, -0.1) is 0 Å². The molecule has 0 saturated carbocycles. The van der Waals surface area contributed by atoms with Gasteiger partial charge in [0.25, 0.3) is 0 Å². The zero-order valence-electron chi connectivity index (χ0n) is 52.6. The summed E-state index contributed by atoms with van der Waals surface area (Å²) in [5.74, 6) is 0. The molecule has 78 heavy (non-hydrogen) atoms. The smallest absolute Gasteiger partial charge is 0.247 e. The van der Waals surface area contributed by atoms with E-state index >= 15 is 0 Å². The maximum absolute atomic E-state index is 2.52. The van der Waals surface area contributed by atoms with Gasteiger partial charge >= 0.3 is 0 Å². The van der Waals surface area contributed by atoms with Crippen LogP contribution in [0.15, 0.2) is 164 Å². The number of fused-ring (bicyclic) bond motifs is 2. The summed E-state index contributed by atoms with van der Waals surface area (Å²) in [6, 6.07) is 61.2. The lowest BCUT2D eigenvalue weighted by Gasteiger charge is -2.40. The molecule has 0 atom stereocenters. The second-order valence-electron chi connectivity index (χ2n) is 27.8. The minimum Gasteiger partial charge on any atom is -0.312 e. The third-order valence-electron chi connectivity index (χ3n) is 15.4. The summed E-state index contributed by atoms with van der Waals surface area (Å²) < 4.78 is 0. The fourth-order valence-electron chi connectivity index (χ4n) is 10.6. The van der Waals surface area contributed by atoms with Gasteiger partial charge in [0.1, 0.15) is 0 Å². The summed E-state index contributed by atoms with van der Waals surface area (Å²) in [5.41, 5.74) is 28.9. The molecule has 0 fully saturated rings. The summed E-state index contributed by atoms with van der Waals surface area (Å²) in [6.07, 6.45) is 0. The third-order valence-corrected chi connectivity index (χ3v) is 15.4. The molecule has 8 aromatic carbocycles. The van der Waals surface area contributed by atoms with Crippen LogP contribution in [0.3, 0.4) is 0 Å². The molecule has 1 heterocycles. The summed E-state index contributed by atoms with van der Waals surface area (Å²) in [4.78, 5) is 2.52. The molecule has 0 aromatic heterocycles. The van der Waals surface area contributed by atoms with Crippen molar-refractivity contribution in [3.8, 4) is 11.1 Å². The molecular weight excluding hydrogens is 938 g/mol. The van der Waals surface area contributed by atoms with E-state index in [1.807, 2.05) is 0 Å². The van der Waals surface area contributed by atoms with Crippen molar-refractivity contribution in [1.29, 1.82) is 0 Å². The van der Waals surface area contributed by atoms with Crippen molar-refractivity contribution >= 4 is 40.2 Å². The molecule has 0 bridgehead atoms. The van der Waals surface area contributed by atoms with Crippen molar-refractivity contribution in [2.75, 3.05) is 4.90 Å². The lowest BCUT2D eigenvalue weighted by molar-refractivity contribution is 0.589. The fraction of sp³-hybridized carbons (Fsp3) is 0.368. The average Bonchev–Trinajstić information content (AvgIpc) is 3.42. The number of anilines is 3. The quantitative estimate of drug-likeness (QED) is 0.159. The lowest BCUT2D eigenvalue weighted by Crippen LogP contribution is -2.59. The van der Waals surface area contributed by atoms with Gasteiger partial charge in [0.15, 0.2) is 0 Å². The van der Waals surface area contributed by atoms with Gasteiger partial charge in [-0.2, -0.15) is 0 Å². The Kier molecular flexibility index (Phi) is 18.7. The first-order valence-electron chi connectivity index (χ1n) is 28.7. The second kappa shape index (κ2) is 23.9. The van der Waals surface area contributed by atoms with Crippen LogP contribution in [0.25, 0.3) is 11.1 Å². The summed E-state index contributed by atoms with van der Waals surface area (Å²) in [5, 5.41) is 0. The Morgan fingerprint density at radius 1 is 0.295 bits per heavy atom. The number of hydrogen-bond acceptors (Lipinski definition) is 1. The van der Waals surface area contributed by atoms with Gasteiger partial charge in [0, 0.05) is 17.1 Å². The molecule has 9 rings (SSSR count). The SMILES string of the molecule is Cc1cc(C)c2c(c1)N(c1ccc(C(C)(C)C)cc1)c1ccc(C(C)(C)C)cc1B2c1cc(C(C)(C)C)ccc1C.Cc1ccc(C(C)(C)C)cc1-c1ccc(C(C)(C)C)cc1.Cc1cccc(C)c1.Cc1cccc(C)c1. The van der Waals surface area contributed by atoms with Crippen LogP contribution in [-0.2, 0) is 27.1 Å². The van der Waals surface area contributed by atoms with Gasteiger partial charge in [-0.1, -0.05) is 282 Å². The minimum atomic E-state index is 0.0592. The number of hydrogen-bond donors (Lipinski definition) is 0. The summed E-state index contributed by atoms with van der Waals surface area (Å²) >= 11 is 0. The Morgan fingerprint density at radius 2 is 0.679 bits per heavy atom. The molecule has 0 radical (unpaired) electrons. The van der Waals surface area contributed by atoms with Crippen LogP contribution in [-0.4, -0.2) is 6.71 Å². The Morgan fingerprint density at radius 3 is 1.10 bits per heavy atom. The van der Waals surface area contributed by atoms with Crippen LogP contribution in [0.1, 0.15) is 176 Å². The van der Waals surface area contributed by atoms with Crippen LogP contribution in [0, 0.1) is 55.4 Å². The highest BCUT2D eigenvalue weighted by molar-refractivity contribution is 6.98. The molecule has 0 spiro atoms. The Hall–Kier alpha value is -6.38. The maximum atomic E-state index is 2.52. The number of aryl methyl sites for hydroxylation is 8. The molecule has 0 aliphatic carbocycles. The predicted molar refractivity (Wildman–Crippen MR) is 348 cm³/mol. The zero-order valence-corrected chi connectivity index (χ0v) is 52.6. The molecule has 1 aliphatic rings. The van der Waals surface area contributed by atoms with Crippen LogP contribution in [0.4, 0.5) is 17.1 Å². The summed E-state index contributed by atoms with van der Waals surface area (Å²) in [6.45, 7) is 52.0. The van der Waals surface area contributed by atoms with Gasteiger partial charge in [-0.3, -0.25) is 0 Å². The molecule has 8 aromatic rings. The molecule has 1 nitrogen and oxygen atoms in total. The van der Waals surface area contributed by atoms with Gasteiger partial charge in [0.2, 0.25) is 6.71 Å². The van der Waals surface area contributed by atoms with Crippen molar-refractivity contribution in [2.24, 2.45) is 0 Å². The van der Waals surface area contributed by atoms with E-state index in [1.54, 1.807) is 0 Å². The highest BCUT2D eigenvalue weighted by Gasteiger charge is 2.38.